The molecule has 2 aromatic heterocycles. The van der Waals surface area contributed by atoms with Crippen molar-refractivity contribution in [2.75, 3.05) is 31.6 Å². The summed E-state index contributed by atoms with van der Waals surface area (Å²) < 4.78 is 7.92. The van der Waals surface area contributed by atoms with Crippen molar-refractivity contribution in [1.29, 1.82) is 0 Å². The molecule has 3 rings (SSSR count). The number of hydrogen-bond donors (Lipinski definition) is 2. The summed E-state index contributed by atoms with van der Waals surface area (Å²) >= 11 is 0. The van der Waals surface area contributed by atoms with E-state index in [2.05, 4.69) is 15.5 Å². The maximum atomic E-state index is 12.9. The Labute approximate surface area is 160 Å². The highest BCUT2D eigenvalue weighted by atomic mass is 16.5. The lowest BCUT2D eigenvalue weighted by Gasteiger charge is -2.27. The van der Waals surface area contributed by atoms with Crippen LogP contribution in [0.5, 0.6) is 0 Å². The van der Waals surface area contributed by atoms with Crippen LogP contribution in [0, 0.1) is 0 Å². The molecule has 28 heavy (non-hydrogen) atoms. The first-order chi connectivity index (χ1) is 13.4. The Kier molecular flexibility index (Phi) is 5.73. The van der Waals surface area contributed by atoms with Crippen LogP contribution in [0.2, 0.25) is 0 Å². The molecule has 1 aliphatic heterocycles. The number of carbonyl (C=O) groups is 3. The van der Waals surface area contributed by atoms with Gasteiger partial charge in [-0.2, -0.15) is 10.2 Å². The number of anilines is 1. The molecular weight excluding hydrogens is 368 g/mol. The summed E-state index contributed by atoms with van der Waals surface area (Å²) in [6.45, 7) is 5.69. The second-order valence-corrected chi connectivity index (χ2v) is 6.26. The van der Waals surface area contributed by atoms with Gasteiger partial charge in [0.05, 0.1) is 25.1 Å². The number of rotatable bonds is 6. The van der Waals surface area contributed by atoms with Crippen LogP contribution in [-0.4, -0.2) is 73.7 Å². The van der Waals surface area contributed by atoms with Gasteiger partial charge in [-0.05, 0) is 19.9 Å². The molecule has 150 valence electrons. The molecule has 1 saturated heterocycles. The first-order valence-electron chi connectivity index (χ1n) is 8.94. The number of carbonyl (C=O) groups excluding carboxylic acids is 2. The van der Waals surface area contributed by atoms with Crippen LogP contribution in [0.4, 0.5) is 5.69 Å². The highest BCUT2D eigenvalue weighted by molar-refractivity contribution is 6.03. The van der Waals surface area contributed by atoms with E-state index >= 15 is 0 Å². The number of carboxylic acid groups (broad SMARTS) is 1. The summed E-state index contributed by atoms with van der Waals surface area (Å²) in [4.78, 5) is 38.6. The van der Waals surface area contributed by atoms with E-state index in [4.69, 9.17) is 4.74 Å². The number of aromatic nitrogens is 4. The molecule has 0 spiro atoms. The van der Waals surface area contributed by atoms with Crippen molar-refractivity contribution in [3.05, 3.63) is 29.8 Å². The van der Waals surface area contributed by atoms with Gasteiger partial charge < -0.3 is 20.1 Å². The number of nitrogens with one attached hydrogen (secondary N) is 1. The van der Waals surface area contributed by atoms with Crippen molar-refractivity contribution in [1.82, 2.24) is 24.5 Å². The summed E-state index contributed by atoms with van der Waals surface area (Å²) in [5, 5.41) is 20.0. The van der Waals surface area contributed by atoms with Gasteiger partial charge in [-0.3, -0.25) is 14.3 Å². The van der Waals surface area contributed by atoms with Gasteiger partial charge in [0.25, 0.3) is 5.91 Å². The molecule has 0 aliphatic carbocycles. The van der Waals surface area contributed by atoms with E-state index in [1.807, 2.05) is 6.92 Å². The zero-order valence-corrected chi connectivity index (χ0v) is 15.7. The lowest BCUT2D eigenvalue weighted by Crippen LogP contribution is -2.42. The summed E-state index contributed by atoms with van der Waals surface area (Å²) in [6, 6.07) is 0.423. The Morgan fingerprint density at radius 3 is 2.64 bits per heavy atom. The number of amides is 2. The highest BCUT2D eigenvalue weighted by Crippen LogP contribution is 2.20. The Morgan fingerprint density at radius 1 is 1.29 bits per heavy atom. The zero-order chi connectivity index (χ0) is 20.3. The van der Waals surface area contributed by atoms with Gasteiger partial charge in [-0.25, -0.2) is 9.48 Å². The van der Waals surface area contributed by atoms with Crippen molar-refractivity contribution in [3.63, 3.8) is 0 Å². The predicted octanol–water partition coefficient (Wildman–Crippen LogP) is 0.470. The zero-order valence-electron chi connectivity index (χ0n) is 15.7. The standard InChI is InChI=1S/C17H22N6O5/c1-3-22-14(16(25)21-6-8-28-9-7-21)12(10-19-22)20-15(24)11(2)23-13(17(26)27)4-5-18-23/h4-5,10-11H,3,6-9H2,1-2H3,(H,20,24)(H,26,27). The van der Waals surface area contributed by atoms with E-state index in [9.17, 15) is 19.5 Å². The summed E-state index contributed by atoms with van der Waals surface area (Å²) in [7, 11) is 0. The molecule has 2 amide bonds. The minimum atomic E-state index is -1.18. The number of nitrogens with zero attached hydrogens (tertiary/aromatic N) is 5. The maximum absolute atomic E-state index is 12.9. The van der Waals surface area contributed by atoms with Crippen molar-refractivity contribution >= 4 is 23.5 Å². The molecule has 3 heterocycles. The van der Waals surface area contributed by atoms with E-state index in [-0.39, 0.29) is 23.0 Å². The van der Waals surface area contributed by atoms with Crippen LogP contribution in [0.25, 0.3) is 0 Å². The Balaban J connectivity index is 1.83. The van der Waals surface area contributed by atoms with Gasteiger partial charge in [-0.1, -0.05) is 0 Å². The SMILES string of the molecule is CCn1ncc(NC(=O)C(C)n2nccc2C(=O)O)c1C(=O)N1CCOCC1. The van der Waals surface area contributed by atoms with Crippen LogP contribution in [0.15, 0.2) is 18.5 Å². The Morgan fingerprint density at radius 2 is 2.00 bits per heavy atom. The number of aromatic carboxylic acids is 1. The molecule has 1 atom stereocenters. The average Bonchev–Trinajstić information content (AvgIpc) is 3.34. The molecule has 2 aromatic rings. The van der Waals surface area contributed by atoms with Gasteiger partial charge in [0.1, 0.15) is 17.4 Å². The fraction of sp³-hybridized carbons (Fsp3) is 0.471. The van der Waals surface area contributed by atoms with E-state index in [1.165, 1.54) is 30.1 Å². The monoisotopic (exact) mass is 390 g/mol. The second-order valence-electron chi connectivity index (χ2n) is 6.26. The van der Waals surface area contributed by atoms with Crippen molar-refractivity contribution in [3.8, 4) is 0 Å². The largest absolute Gasteiger partial charge is 0.477 e. The van der Waals surface area contributed by atoms with E-state index in [1.54, 1.807) is 4.90 Å². The second kappa shape index (κ2) is 8.21. The molecule has 2 N–H and O–H groups in total. The molecule has 0 saturated carbocycles. The summed E-state index contributed by atoms with van der Waals surface area (Å²) in [5.74, 6) is -1.92. The van der Waals surface area contributed by atoms with E-state index in [0.29, 0.717) is 32.8 Å². The van der Waals surface area contributed by atoms with Gasteiger partial charge >= 0.3 is 5.97 Å². The van der Waals surface area contributed by atoms with Gasteiger partial charge in [0.15, 0.2) is 0 Å². The number of morpholine rings is 1. The first kappa shape index (κ1) is 19.5. The van der Waals surface area contributed by atoms with Crippen molar-refractivity contribution < 1.29 is 24.2 Å². The number of ether oxygens (including phenoxy) is 1. The fourth-order valence-corrected chi connectivity index (χ4v) is 3.00. The fourth-order valence-electron chi connectivity index (χ4n) is 3.00. The number of aryl methyl sites for hydroxylation is 1. The van der Waals surface area contributed by atoms with E-state index in [0.717, 1.165) is 4.68 Å². The van der Waals surface area contributed by atoms with Crippen LogP contribution < -0.4 is 5.32 Å². The smallest absolute Gasteiger partial charge is 0.354 e. The topological polar surface area (TPSA) is 132 Å². The lowest BCUT2D eigenvalue weighted by atomic mass is 10.2. The van der Waals surface area contributed by atoms with Crippen LogP contribution in [0.3, 0.4) is 0 Å². The molecule has 1 aliphatic rings. The van der Waals surface area contributed by atoms with Gasteiger partial charge in [-0.15, -0.1) is 0 Å². The molecule has 0 bridgehead atoms. The van der Waals surface area contributed by atoms with E-state index < -0.39 is 17.9 Å². The third kappa shape index (κ3) is 3.74. The Bertz CT molecular complexity index is 882. The van der Waals surface area contributed by atoms with Crippen LogP contribution >= 0.6 is 0 Å². The quantitative estimate of drug-likeness (QED) is 0.733. The first-order valence-corrected chi connectivity index (χ1v) is 8.94. The maximum Gasteiger partial charge on any atom is 0.354 e. The molecule has 1 unspecified atom stereocenters. The van der Waals surface area contributed by atoms with Crippen molar-refractivity contribution in [2.24, 2.45) is 0 Å². The third-order valence-electron chi connectivity index (χ3n) is 4.53. The molecule has 1 fully saturated rings. The van der Waals surface area contributed by atoms with Gasteiger partial charge in [0, 0.05) is 25.8 Å². The van der Waals surface area contributed by atoms with Crippen molar-refractivity contribution in [2.45, 2.75) is 26.4 Å². The molecule has 11 nitrogen and oxygen atoms in total. The minimum Gasteiger partial charge on any atom is -0.477 e. The summed E-state index contributed by atoms with van der Waals surface area (Å²) in [6.07, 6.45) is 2.73. The Hall–Kier alpha value is -3.21. The molecule has 0 radical (unpaired) electrons. The summed E-state index contributed by atoms with van der Waals surface area (Å²) in [5.41, 5.74) is 0.458. The normalized spacial score (nSPS) is 15.3. The molecule has 11 heteroatoms. The highest BCUT2D eigenvalue weighted by Gasteiger charge is 2.28. The molecular formula is C17H22N6O5. The average molecular weight is 390 g/mol. The number of carboxylic acids is 1. The predicted molar refractivity (Wildman–Crippen MR) is 97.2 cm³/mol. The number of hydrogen-bond acceptors (Lipinski definition) is 6. The van der Waals surface area contributed by atoms with Gasteiger partial charge in [0.2, 0.25) is 5.91 Å². The lowest BCUT2D eigenvalue weighted by molar-refractivity contribution is -0.119. The van der Waals surface area contributed by atoms with Crippen LogP contribution in [-0.2, 0) is 16.1 Å². The minimum absolute atomic E-state index is 0.100. The third-order valence-corrected chi connectivity index (χ3v) is 4.53. The van der Waals surface area contributed by atoms with Crippen LogP contribution in [0.1, 0.15) is 40.9 Å². The molecule has 0 aromatic carbocycles.